The number of nitrogens with one attached hydrogen (secondary N) is 1. The molecule has 6 nitrogen and oxygen atoms in total. The first-order chi connectivity index (χ1) is 11.1. The van der Waals surface area contributed by atoms with Crippen LogP contribution in [0.5, 0.6) is 0 Å². The third-order valence-corrected chi connectivity index (χ3v) is 4.10. The fraction of sp³-hybridized carbons (Fsp3) is 0.412. The molecular weight excluding hydrogens is 294 g/mol. The first-order valence-corrected chi connectivity index (χ1v) is 7.89. The highest BCUT2D eigenvalue weighted by atomic mass is 16.6. The summed E-state index contributed by atoms with van der Waals surface area (Å²) in [5.74, 6) is 0.00858. The number of carbonyl (C=O) groups is 2. The number of piperazine rings is 1. The summed E-state index contributed by atoms with van der Waals surface area (Å²) in [6, 6.07) is 7.73. The van der Waals surface area contributed by atoms with Crippen molar-refractivity contribution in [2.24, 2.45) is 0 Å². The Balaban J connectivity index is 1.67. The predicted octanol–water partition coefficient (Wildman–Crippen LogP) is 2.39. The van der Waals surface area contributed by atoms with Gasteiger partial charge in [0.1, 0.15) is 0 Å². The Labute approximate surface area is 135 Å². The summed E-state index contributed by atoms with van der Waals surface area (Å²) in [7, 11) is 0. The second-order valence-corrected chi connectivity index (χ2v) is 5.73. The van der Waals surface area contributed by atoms with E-state index in [-0.39, 0.29) is 12.0 Å². The van der Waals surface area contributed by atoms with E-state index in [9.17, 15) is 9.59 Å². The quantitative estimate of drug-likeness (QED) is 0.925. The van der Waals surface area contributed by atoms with Crippen LogP contribution in [0.3, 0.4) is 0 Å². The summed E-state index contributed by atoms with van der Waals surface area (Å²) in [5.41, 5.74) is 2.79. The molecule has 1 saturated heterocycles. The molecule has 3 rings (SSSR count). The van der Waals surface area contributed by atoms with Gasteiger partial charge >= 0.3 is 6.09 Å². The van der Waals surface area contributed by atoms with Crippen molar-refractivity contribution in [3.05, 3.63) is 35.5 Å². The Morgan fingerprint density at radius 1 is 1.13 bits per heavy atom. The second-order valence-electron chi connectivity index (χ2n) is 5.73. The Bertz CT molecular complexity index is 730. The fourth-order valence-electron chi connectivity index (χ4n) is 2.90. The van der Waals surface area contributed by atoms with Gasteiger partial charge in [0.15, 0.2) is 0 Å². The van der Waals surface area contributed by atoms with Crippen molar-refractivity contribution in [2.45, 2.75) is 13.8 Å². The summed E-state index contributed by atoms with van der Waals surface area (Å²) in [4.78, 5) is 31.0. The average molecular weight is 315 g/mol. The van der Waals surface area contributed by atoms with Crippen LogP contribution in [0.15, 0.2) is 24.3 Å². The number of aryl methyl sites for hydroxylation is 1. The number of benzene rings is 1. The van der Waals surface area contributed by atoms with E-state index in [1.54, 1.807) is 16.7 Å². The fourth-order valence-corrected chi connectivity index (χ4v) is 2.90. The third-order valence-electron chi connectivity index (χ3n) is 4.10. The lowest BCUT2D eigenvalue weighted by atomic mass is 10.1. The van der Waals surface area contributed by atoms with Crippen molar-refractivity contribution in [3.8, 4) is 0 Å². The zero-order valence-corrected chi connectivity index (χ0v) is 13.5. The van der Waals surface area contributed by atoms with Gasteiger partial charge in [-0.2, -0.15) is 0 Å². The van der Waals surface area contributed by atoms with Crippen LogP contribution in [-0.2, 0) is 4.74 Å². The summed E-state index contributed by atoms with van der Waals surface area (Å²) in [5, 5.41) is 1.04. The third kappa shape index (κ3) is 3.16. The number of H-pyrrole nitrogens is 1. The first kappa shape index (κ1) is 15.4. The molecule has 6 heteroatoms. The molecule has 0 radical (unpaired) electrons. The minimum atomic E-state index is -0.302. The molecule has 0 atom stereocenters. The van der Waals surface area contributed by atoms with Crippen molar-refractivity contribution >= 4 is 22.9 Å². The van der Waals surface area contributed by atoms with Crippen molar-refractivity contribution in [1.29, 1.82) is 0 Å². The molecule has 1 fully saturated rings. The number of aromatic amines is 1. The number of carbonyl (C=O) groups excluding carboxylic acids is 2. The topological polar surface area (TPSA) is 65.6 Å². The summed E-state index contributed by atoms with van der Waals surface area (Å²) in [6.45, 7) is 6.23. The number of ether oxygens (including phenoxy) is 1. The molecule has 2 heterocycles. The van der Waals surface area contributed by atoms with Gasteiger partial charge in [-0.25, -0.2) is 4.79 Å². The maximum absolute atomic E-state index is 12.6. The van der Waals surface area contributed by atoms with E-state index in [0.29, 0.717) is 38.3 Å². The van der Waals surface area contributed by atoms with E-state index in [0.717, 1.165) is 16.6 Å². The molecule has 1 N–H and O–H groups in total. The van der Waals surface area contributed by atoms with Gasteiger partial charge in [0, 0.05) is 48.3 Å². The first-order valence-electron chi connectivity index (χ1n) is 7.89. The second kappa shape index (κ2) is 6.32. The van der Waals surface area contributed by atoms with Crippen LogP contribution in [0, 0.1) is 6.92 Å². The molecule has 0 spiro atoms. The van der Waals surface area contributed by atoms with E-state index in [2.05, 4.69) is 4.98 Å². The van der Waals surface area contributed by atoms with Gasteiger partial charge in [-0.05, 0) is 38.1 Å². The van der Waals surface area contributed by atoms with E-state index < -0.39 is 0 Å². The van der Waals surface area contributed by atoms with Gasteiger partial charge in [0.2, 0.25) is 0 Å². The average Bonchev–Trinajstić information content (AvgIpc) is 2.93. The molecule has 0 aliphatic carbocycles. The van der Waals surface area contributed by atoms with Gasteiger partial charge in [-0.1, -0.05) is 0 Å². The maximum atomic E-state index is 12.6. The molecule has 0 saturated carbocycles. The smallest absolute Gasteiger partial charge is 0.409 e. The summed E-state index contributed by atoms with van der Waals surface area (Å²) < 4.78 is 4.99. The highest BCUT2D eigenvalue weighted by molar-refractivity contribution is 5.98. The lowest BCUT2D eigenvalue weighted by Crippen LogP contribution is -2.50. The monoisotopic (exact) mass is 315 g/mol. The Morgan fingerprint density at radius 2 is 1.83 bits per heavy atom. The van der Waals surface area contributed by atoms with E-state index in [1.165, 1.54) is 0 Å². The van der Waals surface area contributed by atoms with Crippen LogP contribution in [0.25, 0.3) is 10.9 Å². The minimum absolute atomic E-state index is 0.00858. The van der Waals surface area contributed by atoms with Crippen molar-refractivity contribution < 1.29 is 14.3 Å². The predicted molar refractivity (Wildman–Crippen MR) is 87.5 cm³/mol. The van der Waals surface area contributed by atoms with Crippen LogP contribution < -0.4 is 0 Å². The largest absolute Gasteiger partial charge is 0.450 e. The number of aromatic nitrogens is 1. The number of rotatable bonds is 2. The van der Waals surface area contributed by atoms with Crippen molar-refractivity contribution in [2.75, 3.05) is 32.8 Å². The van der Waals surface area contributed by atoms with Crippen molar-refractivity contribution in [3.63, 3.8) is 0 Å². The normalized spacial score (nSPS) is 15.0. The lowest BCUT2D eigenvalue weighted by molar-refractivity contribution is 0.0570. The molecule has 122 valence electrons. The number of nitrogens with zero attached hydrogens (tertiary/aromatic N) is 2. The van der Waals surface area contributed by atoms with Gasteiger partial charge in [0.05, 0.1) is 6.61 Å². The standard InChI is InChI=1S/C17H21N3O3/c1-3-23-17(22)20-8-6-19(7-9-20)16(21)13-4-5-15-14(11-13)10-12(2)18-15/h4-5,10-11,18H,3,6-9H2,1-2H3. The molecule has 23 heavy (non-hydrogen) atoms. The van der Waals surface area contributed by atoms with E-state index >= 15 is 0 Å². The Hall–Kier alpha value is -2.50. The Morgan fingerprint density at radius 3 is 2.52 bits per heavy atom. The molecule has 1 aliphatic heterocycles. The van der Waals surface area contributed by atoms with Crippen LogP contribution in [0.2, 0.25) is 0 Å². The van der Waals surface area contributed by atoms with Gasteiger partial charge in [-0.3, -0.25) is 4.79 Å². The molecular formula is C17H21N3O3. The molecule has 1 aromatic heterocycles. The molecule has 1 aliphatic rings. The zero-order valence-electron chi connectivity index (χ0n) is 13.5. The zero-order chi connectivity index (χ0) is 16.4. The highest BCUT2D eigenvalue weighted by Crippen LogP contribution is 2.18. The highest BCUT2D eigenvalue weighted by Gasteiger charge is 2.25. The van der Waals surface area contributed by atoms with Crippen molar-refractivity contribution in [1.82, 2.24) is 14.8 Å². The van der Waals surface area contributed by atoms with Gasteiger partial charge in [-0.15, -0.1) is 0 Å². The molecule has 2 aromatic rings. The lowest BCUT2D eigenvalue weighted by Gasteiger charge is -2.34. The molecule has 1 aromatic carbocycles. The van der Waals surface area contributed by atoms with Gasteiger partial charge < -0.3 is 19.5 Å². The number of amides is 2. The number of fused-ring (bicyclic) bond motifs is 1. The number of hydrogen-bond acceptors (Lipinski definition) is 3. The summed E-state index contributed by atoms with van der Waals surface area (Å²) >= 11 is 0. The van der Waals surface area contributed by atoms with E-state index in [4.69, 9.17) is 4.74 Å². The SMILES string of the molecule is CCOC(=O)N1CCN(C(=O)c2ccc3[nH]c(C)cc3c2)CC1. The number of hydrogen-bond donors (Lipinski definition) is 1. The minimum Gasteiger partial charge on any atom is -0.450 e. The molecule has 0 bridgehead atoms. The van der Waals surface area contributed by atoms with Crippen LogP contribution in [0.1, 0.15) is 23.0 Å². The van der Waals surface area contributed by atoms with Crippen LogP contribution in [0.4, 0.5) is 4.79 Å². The summed E-state index contributed by atoms with van der Waals surface area (Å²) in [6.07, 6.45) is -0.302. The molecule has 2 amide bonds. The van der Waals surface area contributed by atoms with Crippen LogP contribution in [-0.4, -0.2) is 59.6 Å². The van der Waals surface area contributed by atoms with E-state index in [1.807, 2.05) is 31.2 Å². The maximum Gasteiger partial charge on any atom is 0.409 e. The Kier molecular flexibility index (Phi) is 4.23. The van der Waals surface area contributed by atoms with Gasteiger partial charge in [0.25, 0.3) is 5.91 Å². The van der Waals surface area contributed by atoms with Crippen LogP contribution >= 0.6 is 0 Å². The molecule has 0 unspecified atom stereocenters.